The Morgan fingerprint density at radius 2 is 1.66 bits per heavy atom. The van der Waals surface area contributed by atoms with E-state index in [1.807, 2.05) is 55.5 Å². The van der Waals surface area contributed by atoms with Gasteiger partial charge < -0.3 is 16.0 Å². The summed E-state index contributed by atoms with van der Waals surface area (Å²) in [6, 6.07) is 20.9. The molecule has 3 aromatic rings. The topological polar surface area (TPSA) is 53.2 Å². The van der Waals surface area contributed by atoms with Crippen LogP contribution >= 0.6 is 47.0 Å². The molecule has 1 atom stereocenters. The summed E-state index contributed by atoms with van der Waals surface area (Å²) in [5.41, 5.74) is 2.18. The highest BCUT2D eigenvalue weighted by atomic mass is 35.6. The van der Waals surface area contributed by atoms with E-state index in [0.29, 0.717) is 5.56 Å². The van der Waals surface area contributed by atoms with Crippen molar-refractivity contribution in [2.45, 2.75) is 16.9 Å². The smallest absolute Gasteiger partial charge is 0.252 e. The predicted molar refractivity (Wildman–Crippen MR) is 126 cm³/mol. The Balaban J connectivity index is 1.70. The molecule has 0 unspecified atom stereocenters. The number of alkyl halides is 3. The zero-order chi connectivity index (χ0) is 21.0. The van der Waals surface area contributed by atoms with Crippen molar-refractivity contribution in [2.75, 3.05) is 5.32 Å². The molecule has 8 heteroatoms. The van der Waals surface area contributed by atoms with Crippen LogP contribution in [0.4, 0.5) is 5.69 Å². The molecule has 4 nitrogen and oxygen atoms in total. The second-order valence-electron chi connectivity index (χ2n) is 6.48. The number of carbonyl (C=O) groups is 1. The minimum atomic E-state index is -1.82. The van der Waals surface area contributed by atoms with Gasteiger partial charge >= 0.3 is 0 Å². The number of rotatable bonds is 4. The largest absolute Gasteiger partial charge is 0.339 e. The van der Waals surface area contributed by atoms with Gasteiger partial charge in [-0.15, -0.1) is 0 Å². The molecule has 3 N–H and O–H groups in total. The molecule has 0 saturated carbocycles. The van der Waals surface area contributed by atoms with Gasteiger partial charge in [0, 0.05) is 11.3 Å². The molecule has 0 fully saturated rings. The van der Waals surface area contributed by atoms with Crippen LogP contribution in [0.2, 0.25) is 0 Å². The molecular formula is C21H18Cl3N3OS. The van der Waals surface area contributed by atoms with Crippen LogP contribution in [0, 0.1) is 6.92 Å². The predicted octanol–water partition coefficient (Wildman–Crippen LogP) is 5.56. The van der Waals surface area contributed by atoms with E-state index in [4.69, 9.17) is 47.0 Å². The minimum Gasteiger partial charge on any atom is -0.339 e. The summed E-state index contributed by atoms with van der Waals surface area (Å²) in [6.07, 6.45) is -1.04. The van der Waals surface area contributed by atoms with E-state index in [1.165, 1.54) is 0 Å². The lowest BCUT2D eigenvalue weighted by Crippen LogP contribution is -2.56. The third kappa shape index (κ3) is 5.97. The molecule has 1 amide bonds. The molecule has 0 spiro atoms. The number of hydrogen-bond donors (Lipinski definition) is 3. The summed E-state index contributed by atoms with van der Waals surface area (Å²) in [5.74, 6) is -0.383. The summed E-state index contributed by atoms with van der Waals surface area (Å²) < 4.78 is -1.82. The van der Waals surface area contributed by atoms with Crippen molar-refractivity contribution in [3.05, 3.63) is 77.9 Å². The Hall–Kier alpha value is -2.05. The van der Waals surface area contributed by atoms with Gasteiger partial charge in [0.15, 0.2) is 5.11 Å². The van der Waals surface area contributed by atoms with E-state index in [-0.39, 0.29) is 11.0 Å². The summed E-state index contributed by atoms with van der Waals surface area (Å²) in [6.45, 7) is 1.89. The zero-order valence-corrected chi connectivity index (χ0v) is 18.5. The summed E-state index contributed by atoms with van der Waals surface area (Å²) >= 11 is 23.5. The second-order valence-corrected chi connectivity index (χ2v) is 9.26. The number of nitrogens with one attached hydrogen (secondary N) is 3. The van der Waals surface area contributed by atoms with Crippen LogP contribution in [0.3, 0.4) is 0 Å². The maximum atomic E-state index is 12.5. The number of aryl methyl sites for hydroxylation is 1. The summed E-state index contributed by atoms with van der Waals surface area (Å²) in [5, 5.41) is 11.0. The van der Waals surface area contributed by atoms with Gasteiger partial charge in [0.1, 0.15) is 6.17 Å². The number of fused-ring (bicyclic) bond motifs is 1. The molecule has 0 heterocycles. The van der Waals surface area contributed by atoms with Crippen molar-refractivity contribution in [1.82, 2.24) is 10.6 Å². The molecule has 150 valence electrons. The Kier molecular flexibility index (Phi) is 6.85. The highest BCUT2D eigenvalue weighted by molar-refractivity contribution is 7.80. The van der Waals surface area contributed by atoms with Crippen LogP contribution in [-0.4, -0.2) is 21.0 Å². The van der Waals surface area contributed by atoms with Gasteiger partial charge in [-0.1, -0.05) is 82.8 Å². The van der Waals surface area contributed by atoms with Crippen molar-refractivity contribution < 1.29 is 4.79 Å². The van der Waals surface area contributed by atoms with Crippen molar-refractivity contribution in [3.8, 4) is 0 Å². The quantitative estimate of drug-likeness (QED) is 0.268. The Morgan fingerprint density at radius 1 is 0.931 bits per heavy atom. The van der Waals surface area contributed by atoms with E-state index in [0.717, 1.165) is 22.0 Å². The Labute approximate surface area is 189 Å². The average Bonchev–Trinajstić information content (AvgIpc) is 2.66. The molecule has 3 rings (SSSR count). The summed E-state index contributed by atoms with van der Waals surface area (Å²) in [7, 11) is 0. The molecule has 0 aromatic heterocycles. The number of carbonyl (C=O) groups excluding carboxylic acids is 1. The number of anilines is 1. The molecule has 0 aliphatic heterocycles. The monoisotopic (exact) mass is 465 g/mol. The van der Waals surface area contributed by atoms with Crippen LogP contribution in [0.25, 0.3) is 10.8 Å². The van der Waals surface area contributed by atoms with Crippen LogP contribution < -0.4 is 16.0 Å². The Morgan fingerprint density at radius 3 is 2.34 bits per heavy atom. The maximum Gasteiger partial charge on any atom is 0.252 e. The molecule has 0 aliphatic rings. The standard InChI is InChI=1S/C21H18Cl3N3OS/c1-13-5-4-8-16(11-13)18(28)26-19(21(22,23)24)27-20(29)25-17-10-9-14-6-2-3-7-15(14)12-17/h2-12,19H,1H3,(H,26,28)(H2,25,27,29)/t19-/m0/s1. The first-order chi connectivity index (χ1) is 13.7. The van der Waals surface area contributed by atoms with Gasteiger partial charge in [-0.25, -0.2) is 0 Å². The van der Waals surface area contributed by atoms with Gasteiger partial charge in [0.2, 0.25) is 3.79 Å². The van der Waals surface area contributed by atoms with Gasteiger partial charge in [0.05, 0.1) is 0 Å². The van der Waals surface area contributed by atoms with E-state index in [9.17, 15) is 4.79 Å². The Bertz CT molecular complexity index is 1050. The molecule has 0 saturated heterocycles. The van der Waals surface area contributed by atoms with Gasteiger partial charge in [-0.3, -0.25) is 4.79 Å². The molecule has 29 heavy (non-hydrogen) atoms. The van der Waals surface area contributed by atoms with Crippen molar-refractivity contribution >= 4 is 74.5 Å². The molecule has 0 bridgehead atoms. The fraction of sp³-hybridized carbons (Fsp3) is 0.143. The normalized spacial score (nSPS) is 12.3. The first-order valence-electron chi connectivity index (χ1n) is 8.73. The third-order valence-electron chi connectivity index (χ3n) is 4.17. The van der Waals surface area contributed by atoms with Gasteiger partial charge in [-0.2, -0.15) is 0 Å². The number of hydrogen-bond acceptors (Lipinski definition) is 2. The lowest BCUT2D eigenvalue weighted by Gasteiger charge is -2.28. The number of benzene rings is 3. The van der Waals surface area contributed by atoms with Crippen molar-refractivity contribution in [2.24, 2.45) is 0 Å². The first-order valence-corrected chi connectivity index (χ1v) is 10.3. The molecular weight excluding hydrogens is 449 g/mol. The van der Waals surface area contributed by atoms with Crippen LogP contribution in [0.5, 0.6) is 0 Å². The average molecular weight is 467 g/mol. The fourth-order valence-electron chi connectivity index (χ4n) is 2.77. The lowest BCUT2D eigenvalue weighted by atomic mass is 10.1. The van der Waals surface area contributed by atoms with Crippen molar-refractivity contribution in [1.29, 1.82) is 0 Å². The molecule has 0 aliphatic carbocycles. The maximum absolute atomic E-state index is 12.5. The van der Waals surface area contributed by atoms with Crippen molar-refractivity contribution in [3.63, 3.8) is 0 Å². The van der Waals surface area contributed by atoms with Crippen LogP contribution in [0.15, 0.2) is 66.7 Å². The zero-order valence-electron chi connectivity index (χ0n) is 15.4. The van der Waals surface area contributed by atoms with Gasteiger partial charge in [-0.05, 0) is 54.2 Å². The fourth-order valence-corrected chi connectivity index (χ4v) is 3.33. The highest BCUT2D eigenvalue weighted by Crippen LogP contribution is 2.29. The molecule has 3 aromatic carbocycles. The lowest BCUT2D eigenvalue weighted by molar-refractivity contribution is 0.0934. The van der Waals surface area contributed by atoms with Crippen LogP contribution in [0.1, 0.15) is 15.9 Å². The van der Waals surface area contributed by atoms with E-state index < -0.39 is 9.96 Å². The number of thiocarbonyl (C=S) groups is 1. The molecule has 0 radical (unpaired) electrons. The second kappa shape index (κ2) is 9.18. The third-order valence-corrected chi connectivity index (χ3v) is 5.04. The van der Waals surface area contributed by atoms with E-state index >= 15 is 0 Å². The summed E-state index contributed by atoms with van der Waals surface area (Å²) in [4.78, 5) is 12.5. The minimum absolute atomic E-state index is 0.209. The SMILES string of the molecule is Cc1cccc(C(=O)N[C@@H](NC(=S)Nc2ccc3ccccc3c2)C(Cl)(Cl)Cl)c1. The van der Waals surface area contributed by atoms with E-state index in [1.54, 1.807) is 18.2 Å². The number of amides is 1. The van der Waals surface area contributed by atoms with E-state index in [2.05, 4.69) is 16.0 Å². The highest BCUT2D eigenvalue weighted by Gasteiger charge is 2.34. The number of halogens is 3. The van der Waals surface area contributed by atoms with Gasteiger partial charge in [0.25, 0.3) is 5.91 Å². The van der Waals surface area contributed by atoms with Crippen LogP contribution in [-0.2, 0) is 0 Å². The first kappa shape index (κ1) is 21.7.